The smallest absolute Gasteiger partial charge is 0.254 e. The van der Waals surface area contributed by atoms with Crippen molar-refractivity contribution in [3.05, 3.63) is 59.7 Å². The monoisotopic (exact) mass is 499 g/mol. The van der Waals surface area contributed by atoms with Gasteiger partial charge < -0.3 is 19.1 Å². The molecule has 0 unspecified atom stereocenters. The molecule has 0 spiro atoms. The fourth-order valence-electron chi connectivity index (χ4n) is 2.99. The predicted octanol–water partition coefficient (Wildman–Crippen LogP) is 1.77. The molecule has 0 N–H and O–H groups in total. The van der Waals surface area contributed by atoms with Crippen molar-refractivity contribution in [1.82, 2.24) is 4.90 Å². The molecule has 2 rings (SSSR count). The first-order chi connectivity index (χ1) is 15.6. The Morgan fingerprint density at radius 3 is 1.91 bits per heavy atom. The fourth-order valence-corrected chi connectivity index (χ4v) is 5.67. The van der Waals surface area contributed by atoms with Crippen LogP contribution in [0.15, 0.2) is 58.3 Å². The summed E-state index contributed by atoms with van der Waals surface area (Å²) in [7, 11) is -4.57. The number of methoxy groups -OCH3 is 2. The highest BCUT2D eigenvalue weighted by Gasteiger charge is 2.23. The van der Waals surface area contributed by atoms with Gasteiger partial charge in [-0.1, -0.05) is 24.3 Å². The molecule has 0 aromatic heterocycles. The SMILES string of the molecule is COCCN(CCOC)C(=O)c1ccc(COCS(=O)(=O)c2ccccc2S(C)(=O)=O)cc1. The zero-order valence-electron chi connectivity index (χ0n) is 18.9. The van der Waals surface area contributed by atoms with Crippen molar-refractivity contribution in [2.45, 2.75) is 16.4 Å². The maximum atomic E-state index is 12.7. The summed E-state index contributed by atoms with van der Waals surface area (Å²) in [5.74, 6) is -0.848. The van der Waals surface area contributed by atoms with Crippen molar-refractivity contribution < 1.29 is 35.8 Å². The first kappa shape index (κ1) is 26.9. The normalized spacial score (nSPS) is 12.0. The van der Waals surface area contributed by atoms with Crippen LogP contribution in [0, 0.1) is 0 Å². The minimum Gasteiger partial charge on any atom is -0.383 e. The lowest BCUT2D eigenvalue weighted by Gasteiger charge is -2.22. The molecular weight excluding hydrogens is 470 g/mol. The van der Waals surface area contributed by atoms with E-state index in [1.54, 1.807) is 43.4 Å². The van der Waals surface area contributed by atoms with Crippen LogP contribution in [0.25, 0.3) is 0 Å². The van der Waals surface area contributed by atoms with Gasteiger partial charge in [-0.25, -0.2) is 16.8 Å². The van der Waals surface area contributed by atoms with Crippen molar-refractivity contribution in [2.75, 3.05) is 52.7 Å². The molecule has 0 aliphatic rings. The van der Waals surface area contributed by atoms with Gasteiger partial charge in [0.05, 0.1) is 29.6 Å². The average Bonchev–Trinajstić information content (AvgIpc) is 2.78. The molecule has 0 saturated carbocycles. The van der Waals surface area contributed by atoms with Gasteiger partial charge in [-0.3, -0.25) is 4.79 Å². The summed E-state index contributed by atoms with van der Waals surface area (Å²) in [6.07, 6.45) is 0.955. The highest BCUT2D eigenvalue weighted by Crippen LogP contribution is 2.22. The summed E-state index contributed by atoms with van der Waals surface area (Å²) in [6, 6.07) is 12.0. The first-order valence-electron chi connectivity index (χ1n) is 10.1. The number of hydrogen-bond donors (Lipinski definition) is 0. The lowest BCUT2D eigenvalue weighted by atomic mass is 10.1. The van der Waals surface area contributed by atoms with Gasteiger partial charge in [-0.05, 0) is 29.8 Å². The fraction of sp³-hybridized carbons (Fsp3) is 0.409. The molecule has 11 heteroatoms. The number of carbonyl (C=O) groups is 1. The van der Waals surface area contributed by atoms with Gasteiger partial charge in [0.1, 0.15) is 0 Å². The third-order valence-electron chi connectivity index (χ3n) is 4.71. The van der Waals surface area contributed by atoms with E-state index in [9.17, 15) is 21.6 Å². The Kier molecular flexibility index (Phi) is 9.99. The molecule has 2 aromatic rings. The maximum absolute atomic E-state index is 12.7. The zero-order chi connectivity index (χ0) is 24.5. The van der Waals surface area contributed by atoms with Crippen LogP contribution in [0.4, 0.5) is 0 Å². The summed E-state index contributed by atoms with van der Waals surface area (Å²) >= 11 is 0. The summed E-state index contributed by atoms with van der Waals surface area (Å²) < 4.78 is 64.5. The molecule has 0 bridgehead atoms. The zero-order valence-corrected chi connectivity index (χ0v) is 20.5. The van der Waals surface area contributed by atoms with Gasteiger partial charge in [-0.2, -0.15) is 0 Å². The summed E-state index contributed by atoms with van der Waals surface area (Å²) in [6.45, 7) is 1.63. The number of amides is 1. The van der Waals surface area contributed by atoms with Crippen LogP contribution in [-0.4, -0.2) is 80.4 Å². The van der Waals surface area contributed by atoms with E-state index in [4.69, 9.17) is 14.2 Å². The van der Waals surface area contributed by atoms with Gasteiger partial charge in [0, 0.05) is 39.1 Å². The molecule has 0 aliphatic carbocycles. The van der Waals surface area contributed by atoms with Crippen molar-refractivity contribution in [3.63, 3.8) is 0 Å². The van der Waals surface area contributed by atoms with Gasteiger partial charge >= 0.3 is 0 Å². The van der Waals surface area contributed by atoms with Crippen molar-refractivity contribution in [2.24, 2.45) is 0 Å². The molecule has 1 amide bonds. The number of carbonyl (C=O) groups excluding carboxylic acids is 1. The molecule has 182 valence electrons. The van der Waals surface area contributed by atoms with E-state index < -0.39 is 25.6 Å². The highest BCUT2D eigenvalue weighted by molar-refractivity contribution is 7.94. The van der Waals surface area contributed by atoms with E-state index in [-0.39, 0.29) is 22.3 Å². The summed E-state index contributed by atoms with van der Waals surface area (Å²) in [5, 5.41) is 0. The highest BCUT2D eigenvalue weighted by atomic mass is 32.2. The summed E-state index contributed by atoms with van der Waals surface area (Å²) in [4.78, 5) is 13.8. The van der Waals surface area contributed by atoms with E-state index >= 15 is 0 Å². The van der Waals surface area contributed by atoms with Crippen LogP contribution in [0.1, 0.15) is 15.9 Å². The lowest BCUT2D eigenvalue weighted by molar-refractivity contribution is 0.0627. The minimum absolute atomic E-state index is 0.0220. The van der Waals surface area contributed by atoms with Crippen LogP contribution in [0.2, 0.25) is 0 Å². The summed E-state index contributed by atoms with van der Waals surface area (Å²) in [5.41, 5.74) is 1.14. The van der Waals surface area contributed by atoms with Gasteiger partial charge in [-0.15, -0.1) is 0 Å². The Balaban J connectivity index is 2.03. The van der Waals surface area contributed by atoms with E-state index in [0.29, 0.717) is 37.4 Å². The van der Waals surface area contributed by atoms with Crippen LogP contribution >= 0.6 is 0 Å². The Bertz CT molecular complexity index is 1120. The second kappa shape index (κ2) is 12.2. The molecule has 0 atom stereocenters. The average molecular weight is 500 g/mol. The number of hydrogen-bond acceptors (Lipinski definition) is 8. The Labute approximate surface area is 195 Å². The van der Waals surface area contributed by atoms with Crippen LogP contribution in [0.3, 0.4) is 0 Å². The quantitative estimate of drug-likeness (QED) is 0.409. The minimum atomic E-state index is -3.98. The van der Waals surface area contributed by atoms with Gasteiger partial charge in [0.2, 0.25) is 9.84 Å². The van der Waals surface area contributed by atoms with Crippen molar-refractivity contribution in [3.8, 4) is 0 Å². The molecule has 33 heavy (non-hydrogen) atoms. The Morgan fingerprint density at radius 2 is 1.39 bits per heavy atom. The molecule has 0 aliphatic heterocycles. The van der Waals surface area contributed by atoms with Crippen LogP contribution in [-0.2, 0) is 40.5 Å². The molecular formula is C22H29NO8S2. The molecule has 0 saturated heterocycles. The number of benzene rings is 2. The standard InChI is InChI=1S/C22H29NO8S2/c1-29-14-12-23(13-15-30-2)22(24)19-10-8-18(9-11-19)16-31-17-33(27,28)21-7-5-4-6-20(21)32(3,25)26/h4-11H,12-17H2,1-3H3. The topological polar surface area (TPSA) is 116 Å². The number of sulfone groups is 2. The number of ether oxygens (including phenoxy) is 3. The Morgan fingerprint density at radius 1 is 0.848 bits per heavy atom. The van der Waals surface area contributed by atoms with Crippen LogP contribution in [0.5, 0.6) is 0 Å². The predicted molar refractivity (Wildman–Crippen MR) is 122 cm³/mol. The lowest BCUT2D eigenvalue weighted by Crippen LogP contribution is -2.36. The molecule has 0 fully saturated rings. The largest absolute Gasteiger partial charge is 0.383 e. The second-order valence-corrected chi connectivity index (χ2v) is 11.2. The molecule has 0 heterocycles. The van der Waals surface area contributed by atoms with Crippen LogP contribution < -0.4 is 0 Å². The molecule has 0 radical (unpaired) electrons. The van der Waals surface area contributed by atoms with Crippen molar-refractivity contribution in [1.29, 1.82) is 0 Å². The van der Waals surface area contributed by atoms with E-state index in [1.807, 2.05) is 0 Å². The number of rotatable bonds is 13. The van der Waals surface area contributed by atoms with E-state index in [1.165, 1.54) is 24.3 Å². The van der Waals surface area contributed by atoms with E-state index in [0.717, 1.165) is 6.26 Å². The third kappa shape index (κ3) is 7.90. The number of nitrogens with zero attached hydrogens (tertiary/aromatic N) is 1. The van der Waals surface area contributed by atoms with Crippen molar-refractivity contribution >= 4 is 25.6 Å². The van der Waals surface area contributed by atoms with Gasteiger partial charge in [0.25, 0.3) is 5.91 Å². The van der Waals surface area contributed by atoms with E-state index in [2.05, 4.69) is 0 Å². The third-order valence-corrected chi connectivity index (χ3v) is 7.50. The first-order valence-corrected chi connectivity index (χ1v) is 13.6. The Hall–Kier alpha value is -2.31. The maximum Gasteiger partial charge on any atom is 0.254 e. The molecule has 2 aromatic carbocycles. The second-order valence-electron chi connectivity index (χ2n) is 7.27. The molecule has 9 nitrogen and oxygen atoms in total. The van der Waals surface area contributed by atoms with Gasteiger partial charge in [0.15, 0.2) is 15.8 Å².